The second kappa shape index (κ2) is 4.99. The lowest BCUT2D eigenvalue weighted by molar-refractivity contribution is 1.06. The van der Waals surface area contributed by atoms with Crippen molar-refractivity contribution in [3.05, 3.63) is 74.1 Å². The number of hydrogen-bond acceptors (Lipinski definition) is 4. The SMILES string of the molecule is c1cn(-c2ccnc3c2ccc2c(-n4ccnc4)ccnc23)cn1. The topological polar surface area (TPSA) is 61.4 Å². The summed E-state index contributed by atoms with van der Waals surface area (Å²) in [7, 11) is 0. The fourth-order valence-corrected chi connectivity index (χ4v) is 3.05. The molecule has 0 bridgehead atoms. The van der Waals surface area contributed by atoms with E-state index in [1.54, 1.807) is 25.0 Å². The van der Waals surface area contributed by atoms with Gasteiger partial charge in [-0.25, -0.2) is 9.97 Å². The Hall–Kier alpha value is -3.54. The number of nitrogens with zero attached hydrogens (tertiary/aromatic N) is 6. The zero-order valence-corrected chi connectivity index (χ0v) is 12.6. The van der Waals surface area contributed by atoms with Crippen molar-refractivity contribution >= 4 is 21.8 Å². The highest BCUT2D eigenvalue weighted by atomic mass is 15.0. The van der Waals surface area contributed by atoms with Crippen LogP contribution in [0.2, 0.25) is 0 Å². The van der Waals surface area contributed by atoms with Gasteiger partial charge in [0.15, 0.2) is 0 Å². The Morgan fingerprint density at radius 2 is 1.08 bits per heavy atom. The van der Waals surface area contributed by atoms with Gasteiger partial charge in [0.25, 0.3) is 0 Å². The number of rotatable bonds is 2. The third-order valence-electron chi connectivity index (χ3n) is 4.14. The summed E-state index contributed by atoms with van der Waals surface area (Å²) in [5.74, 6) is 0. The fraction of sp³-hybridized carbons (Fsp3) is 0. The van der Waals surface area contributed by atoms with Crippen LogP contribution >= 0.6 is 0 Å². The highest BCUT2D eigenvalue weighted by molar-refractivity contribution is 6.07. The van der Waals surface area contributed by atoms with E-state index in [1.807, 2.05) is 46.1 Å². The summed E-state index contributed by atoms with van der Waals surface area (Å²) < 4.78 is 3.96. The summed E-state index contributed by atoms with van der Waals surface area (Å²) in [6.07, 6.45) is 14.6. The number of benzene rings is 1. The molecule has 0 unspecified atom stereocenters. The van der Waals surface area contributed by atoms with Crippen LogP contribution in [-0.2, 0) is 0 Å². The maximum Gasteiger partial charge on any atom is 0.0991 e. The summed E-state index contributed by atoms with van der Waals surface area (Å²) in [6, 6.07) is 8.13. The fourth-order valence-electron chi connectivity index (χ4n) is 3.05. The molecule has 1 aromatic carbocycles. The maximum atomic E-state index is 4.58. The molecule has 114 valence electrons. The molecule has 24 heavy (non-hydrogen) atoms. The molecule has 5 rings (SSSR count). The van der Waals surface area contributed by atoms with Gasteiger partial charge in [-0.05, 0) is 24.3 Å². The first-order chi connectivity index (χ1) is 11.9. The van der Waals surface area contributed by atoms with E-state index < -0.39 is 0 Å². The van der Waals surface area contributed by atoms with Gasteiger partial charge in [0, 0.05) is 48.0 Å². The van der Waals surface area contributed by atoms with Crippen LogP contribution in [-0.4, -0.2) is 29.1 Å². The summed E-state index contributed by atoms with van der Waals surface area (Å²) in [5.41, 5.74) is 3.82. The lowest BCUT2D eigenvalue weighted by atomic mass is 10.1. The minimum absolute atomic E-state index is 0.876. The number of fused-ring (bicyclic) bond motifs is 3. The van der Waals surface area contributed by atoms with E-state index in [4.69, 9.17) is 0 Å². The van der Waals surface area contributed by atoms with Crippen LogP contribution in [0.25, 0.3) is 33.2 Å². The predicted octanol–water partition coefficient (Wildman–Crippen LogP) is 3.15. The van der Waals surface area contributed by atoms with Crippen molar-refractivity contribution in [3.63, 3.8) is 0 Å². The Morgan fingerprint density at radius 1 is 0.583 bits per heavy atom. The Kier molecular flexibility index (Phi) is 2.69. The largest absolute Gasteiger partial charge is 0.306 e. The van der Waals surface area contributed by atoms with Crippen molar-refractivity contribution in [3.8, 4) is 11.4 Å². The first kappa shape index (κ1) is 13.0. The van der Waals surface area contributed by atoms with Gasteiger partial charge in [-0.2, -0.15) is 0 Å². The van der Waals surface area contributed by atoms with Gasteiger partial charge in [0.05, 0.1) is 35.1 Å². The van der Waals surface area contributed by atoms with E-state index in [0.29, 0.717) is 0 Å². The van der Waals surface area contributed by atoms with Crippen molar-refractivity contribution in [1.82, 2.24) is 29.1 Å². The van der Waals surface area contributed by atoms with Crippen LogP contribution < -0.4 is 0 Å². The molecule has 0 aliphatic heterocycles. The average molecular weight is 312 g/mol. The summed E-state index contributed by atoms with van der Waals surface area (Å²) in [6.45, 7) is 0. The van der Waals surface area contributed by atoms with Gasteiger partial charge < -0.3 is 9.13 Å². The third-order valence-corrected chi connectivity index (χ3v) is 4.14. The van der Waals surface area contributed by atoms with Crippen molar-refractivity contribution in [2.45, 2.75) is 0 Å². The molecule has 0 N–H and O–H groups in total. The van der Waals surface area contributed by atoms with Crippen molar-refractivity contribution in [1.29, 1.82) is 0 Å². The Balaban J connectivity index is 1.86. The van der Waals surface area contributed by atoms with Gasteiger partial charge in [-0.1, -0.05) is 0 Å². The highest BCUT2D eigenvalue weighted by Crippen LogP contribution is 2.29. The van der Waals surface area contributed by atoms with Crippen LogP contribution in [0.4, 0.5) is 0 Å². The molecule has 0 amide bonds. The molecule has 0 radical (unpaired) electrons. The van der Waals surface area contributed by atoms with Crippen LogP contribution in [0.15, 0.2) is 74.1 Å². The molecule has 0 atom stereocenters. The second-order valence-electron chi connectivity index (χ2n) is 5.46. The minimum atomic E-state index is 0.876. The second-order valence-corrected chi connectivity index (χ2v) is 5.46. The average Bonchev–Trinajstić information content (AvgIpc) is 3.34. The van der Waals surface area contributed by atoms with Gasteiger partial charge in [0.2, 0.25) is 0 Å². The zero-order chi connectivity index (χ0) is 15.9. The normalized spacial score (nSPS) is 11.3. The molecule has 0 saturated heterocycles. The predicted molar refractivity (Wildman–Crippen MR) is 91.3 cm³/mol. The molecular weight excluding hydrogens is 300 g/mol. The van der Waals surface area contributed by atoms with Crippen molar-refractivity contribution in [2.75, 3.05) is 0 Å². The zero-order valence-electron chi connectivity index (χ0n) is 12.6. The first-order valence-corrected chi connectivity index (χ1v) is 7.55. The number of hydrogen-bond donors (Lipinski definition) is 0. The van der Waals surface area contributed by atoms with Gasteiger partial charge in [-0.15, -0.1) is 0 Å². The quantitative estimate of drug-likeness (QED) is 0.470. The van der Waals surface area contributed by atoms with Crippen molar-refractivity contribution < 1.29 is 0 Å². The van der Waals surface area contributed by atoms with Crippen LogP contribution in [0, 0.1) is 0 Å². The van der Waals surface area contributed by atoms with Crippen LogP contribution in [0.1, 0.15) is 0 Å². The van der Waals surface area contributed by atoms with Crippen LogP contribution in [0.3, 0.4) is 0 Å². The third kappa shape index (κ3) is 1.83. The molecule has 6 heteroatoms. The number of aromatic nitrogens is 6. The smallest absolute Gasteiger partial charge is 0.0991 e. The molecule has 4 heterocycles. The molecule has 4 aromatic heterocycles. The molecule has 0 aliphatic carbocycles. The van der Waals surface area contributed by atoms with Crippen molar-refractivity contribution in [2.24, 2.45) is 0 Å². The molecule has 0 fully saturated rings. The van der Waals surface area contributed by atoms with E-state index in [1.165, 1.54) is 0 Å². The molecule has 0 spiro atoms. The highest BCUT2D eigenvalue weighted by Gasteiger charge is 2.11. The minimum Gasteiger partial charge on any atom is -0.306 e. The lowest BCUT2D eigenvalue weighted by Crippen LogP contribution is -1.97. The molecule has 0 aliphatic rings. The Bertz CT molecular complexity index is 1050. The molecular formula is C18H12N6. The summed E-state index contributed by atoms with van der Waals surface area (Å²) >= 11 is 0. The van der Waals surface area contributed by atoms with Gasteiger partial charge in [-0.3, -0.25) is 9.97 Å². The molecule has 6 nitrogen and oxygen atoms in total. The first-order valence-electron chi connectivity index (χ1n) is 7.55. The number of pyridine rings is 2. The molecule has 5 aromatic rings. The van der Waals surface area contributed by atoms with E-state index in [0.717, 1.165) is 33.2 Å². The monoisotopic (exact) mass is 312 g/mol. The summed E-state index contributed by atoms with van der Waals surface area (Å²) in [4.78, 5) is 17.4. The van der Waals surface area contributed by atoms with E-state index in [2.05, 4.69) is 32.1 Å². The number of imidazole rings is 2. The van der Waals surface area contributed by atoms with E-state index in [9.17, 15) is 0 Å². The van der Waals surface area contributed by atoms with Gasteiger partial charge in [0.1, 0.15) is 0 Å². The lowest BCUT2D eigenvalue weighted by Gasteiger charge is -2.11. The van der Waals surface area contributed by atoms with Crippen LogP contribution in [0.5, 0.6) is 0 Å². The van der Waals surface area contributed by atoms with E-state index >= 15 is 0 Å². The molecule has 0 saturated carbocycles. The Labute approximate surface area is 137 Å². The van der Waals surface area contributed by atoms with Gasteiger partial charge >= 0.3 is 0 Å². The maximum absolute atomic E-state index is 4.58. The standard InChI is InChI=1S/C18H12N6/c1-2-14-16(24-10-8-20-12-24)4-6-22-18(14)17-13(1)15(3-5-21-17)23-9-7-19-11-23/h1-12H. The van der Waals surface area contributed by atoms with E-state index in [-0.39, 0.29) is 0 Å². The Morgan fingerprint density at radius 3 is 1.50 bits per heavy atom. The summed E-state index contributed by atoms with van der Waals surface area (Å²) in [5, 5.41) is 2.08.